The maximum Gasteiger partial charge on any atom is 0.267 e. The van der Waals surface area contributed by atoms with Gasteiger partial charge in [-0.3, -0.25) is 19.8 Å². The van der Waals surface area contributed by atoms with Crippen LogP contribution >= 0.6 is 0 Å². The fourth-order valence-electron chi connectivity index (χ4n) is 4.95. The monoisotopic (exact) mass is 441 g/mol. The number of primary amides is 1. The first-order valence-electron chi connectivity index (χ1n) is 11.4. The van der Waals surface area contributed by atoms with Crippen LogP contribution in [0.25, 0.3) is 0 Å². The molecule has 5 N–H and O–H groups in total. The van der Waals surface area contributed by atoms with Crippen molar-refractivity contribution in [2.24, 2.45) is 17.1 Å². The van der Waals surface area contributed by atoms with E-state index in [-0.39, 0.29) is 41.4 Å². The number of carbonyl (C=O) groups excluding carboxylic acids is 3. The Morgan fingerprint density at radius 3 is 2.66 bits per heavy atom. The van der Waals surface area contributed by atoms with Gasteiger partial charge in [0.2, 0.25) is 11.8 Å². The van der Waals surface area contributed by atoms with Crippen LogP contribution in [0.3, 0.4) is 0 Å². The minimum Gasteiger partial charge on any atom is -0.376 e. The summed E-state index contributed by atoms with van der Waals surface area (Å²) in [6.07, 6.45) is 4.86. The zero-order valence-corrected chi connectivity index (χ0v) is 19.2. The molecule has 1 heterocycles. The quantitative estimate of drug-likeness (QED) is 0.484. The summed E-state index contributed by atoms with van der Waals surface area (Å²) in [5.74, 6) is -0.838. The molecule has 1 unspecified atom stereocenters. The summed E-state index contributed by atoms with van der Waals surface area (Å²) in [6, 6.07) is 6.45. The lowest BCUT2D eigenvalue weighted by Crippen LogP contribution is -2.51. The van der Waals surface area contributed by atoms with Crippen molar-refractivity contribution >= 4 is 29.1 Å². The molecule has 3 atom stereocenters. The average Bonchev–Trinajstić information content (AvgIpc) is 3.13. The molecule has 1 aliphatic heterocycles. The van der Waals surface area contributed by atoms with Crippen molar-refractivity contribution in [3.63, 3.8) is 0 Å². The number of hydrogen-bond acceptors (Lipinski definition) is 5. The van der Waals surface area contributed by atoms with E-state index in [9.17, 15) is 14.4 Å². The molecule has 8 heteroatoms. The number of hydrogen-bond donors (Lipinski definition) is 4. The Kier molecular flexibility index (Phi) is 7.21. The first-order valence-corrected chi connectivity index (χ1v) is 11.4. The van der Waals surface area contributed by atoms with Crippen LogP contribution in [0.5, 0.6) is 0 Å². The molecule has 0 radical (unpaired) electrons. The van der Waals surface area contributed by atoms with Gasteiger partial charge in [0, 0.05) is 23.8 Å². The van der Waals surface area contributed by atoms with Gasteiger partial charge in [-0.2, -0.15) is 0 Å². The maximum absolute atomic E-state index is 13.1. The van der Waals surface area contributed by atoms with Gasteiger partial charge < -0.3 is 21.3 Å². The third kappa shape index (κ3) is 5.66. The lowest BCUT2D eigenvalue weighted by molar-refractivity contribution is -0.137. The Morgan fingerprint density at radius 1 is 1.25 bits per heavy atom. The molecule has 32 heavy (non-hydrogen) atoms. The number of para-hydroxylation sites is 1. The van der Waals surface area contributed by atoms with E-state index in [1.165, 1.54) is 6.42 Å². The first kappa shape index (κ1) is 23.8. The zero-order chi connectivity index (χ0) is 23.5. The number of anilines is 1. The highest BCUT2D eigenvalue weighted by molar-refractivity contribution is 6.44. The molecule has 1 aliphatic carbocycles. The third-order valence-electron chi connectivity index (χ3n) is 6.56. The van der Waals surface area contributed by atoms with Crippen molar-refractivity contribution in [3.05, 3.63) is 29.8 Å². The van der Waals surface area contributed by atoms with E-state index in [0.717, 1.165) is 19.3 Å². The Labute approximate surface area is 189 Å². The summed E-state index contributed by atoms with van der Waals surface area (Å²) < 4.78 is 0. The maximum atomic E-state index is 13.1. The Balaban J connectivity index is 1.64. The van der Waals surface area contributed by atoms with Gasteiger partial charge in [-0.1, -0.05) is 45.4 Å². The Morgan fingerprint density at radius 2 is 1.97 bits per heavy atom. The van der Waals surface area contributed by atoms with Crippen molar-refractivity contribution in [3.8, 4) is 0 Å². The summed E-state index contributed by atoms with van der Waals surface area (Å²) >= 11 is 0. The van der Waals surface area contributed by atoms with Crippen LogP contribution in [0.1, 0.15) is 58.4 Å². The van der Waals surface area contributed by atoms with Crippen molar-refractivity contribution in [2.45, 2.75) is 65.0 Å². The van der Waals surface area contributed by atoms with E-state index in [1.54, 1.807) is 29.2 Å². The molecule has 1 saturated heterocycles. The van der Waals surface area contributed by atoms with Crippen LogP contribution in [0, 0.1) is 16.7 Å². The Bertz CT molecular complexity index is 897. The lowest BCUT2D eigenvalue weighted by atomic mass is 9.75. The second kappa shape index (κ2) is 9.71. The van der Waals surface area contributed by atoms with Crippen LogP contribution in [0.15, 0.2) is 24.3 Å². The predicted octanol–water partition coefficient (Wildman–Crippen LogP) is 2.27. The van der Waals surface area contributed by atoms with Gasteiger partial charge >= 0.3 is 0 Å². The molecule has 0 aromatic heterocycles. The number of nitrogens with two attached hydrogens (primary N) is 1. The summed E-state index contributed by atoms with van der Waals surface area (Å²) in [7, 11) is 0. The zero-order valence-electron chi connectivity index (χ0n) is 19.2. The van der Waals surface area contributed by atoms with Crippen LogP contribution in [0.2, 0.25) is 0 Å². The molecular formula is C24H35N5O3. The van der Waals surface area contributed by atoms with Gasteiger partial charge in [0.25, 0.3) is 5.91 Å². The first-order chi connectivity index (χ1) is 15.1. The molecule has 8 nitrogen and oxygen atoms in total. The molecule has 0 bridgehead atoms. The Hall–Kier alpha value is -2.90. The summed E-state index contributed by atoms with van der Waals surface area (Å²) in [5, 5.41) is 14.1. The van der Waals surface area contributed by atoms with Crippen molar-refractivity contribution in [2.75, 3.05) is 18.4 Å². The highest BCUT2D eigenvalue weighted by Crippen LogP contribution is 2.35. The number of nitrogens with zero attached hydrogens (tertiary/aromatic N) is 1. The van der Waals surface area contributed by atoms with Crippen molar-refractivity contribution in [1.29, 1.82) is 5.41 Å². The van der Waals surface area contributed by atoms with Gasteiger partial charge in [-0.05, 0) is 43.1 Å². The standard InChI is InChI=1S/C24H35N5O3/c1-15-11-19(23(32)28-16-7-6-10-24(2,3)12-16)29(14-15)20(30)13-27-18-9-5-4-8-17(18)21(25)22(26)31/h4-5,8-9,15-16,19,25,27H,6-7,10-14H2,1-3H3,(H2,26,31)(H,28,32)/t15-,16?,19-/m0/s1. The van der Waals surface area contributed by atoms with Gasteiger partial charge in [0.1, 0.15) is 11.8 Å². The van der Waals surface area contributed by atoms with Crippen LogP contribution in [-0.2, 0) is 14.4 Å². The van der Waals surface area contributed by atoms with E-state index < -0.39 is 11.9 Å². The van der Waals surface area contributed by atoms with E-state index in [0.29, 0.717) is 24.2 Å². The van der Waals surface area contributed by atoms with Crippen LogP contribution in [-0.4, -0.2) is 53.5 Å². The second-order valence-corrected chi connectivity index (χ2v) is 10.0. The molecule has 3 amide bonds. The van der Waals surface area contributed by atoms with Gasteiger partial charge in [-0.25, -0.2) is 0 Å². The van der Waals surface area contributed by atoms with E-state index in [1.807, 2.05) is 6.92 Å². The molecule has 0 spiro atoms. The minimum atomic E-state index is -0.832. The second-order valence-electron chi connectivity index (χ2n) is 10.0. The predicted molar refractivity (Wildman–Crippen MR) is 124 cm³/mol. The number of amides is 3. The highest BCUT2D eigenvalue weighted by Gasteiger charge is 2.39. The summed E-state index contributed by atoms with van der Waals surface area (Å²) in [4.78, 5) is 39.2. The smallest absolute Gasteiger partial charge is 0.267 e. The SMILES string of the molecule is C[C@H]1C[C@@H](C(=O)NC2CCCC(C)(C)C2)N(C(=O)CNc2ccccc2C(=N)C(N)=O)C1. The van der Waals surface area contributed by atoms with Gasteiger partial charge in [0.05, 0.1) is 6.54 Å². The number of likely N-dealkylation sites (tertiary alicyclic amines) is 1. The van der Waals surface area contributed by atoms with E-state index >= 15 is 0 Å². The van der Waals surface area contributed by atoms with Gasteiger partial charge in [-0.15, -0.1) is 0 Å². The lowest BCUT2D eigenvalue weighted by Gasteiger charge is -2.36. The van der Waals surface area contributed by atoms with E-state index in [4.69, 9.17) is 11.1 Å². The summed E-state index contributed by atoms with van der Waals surface area (Å²) in [6.45, 7) is 7.03. The number of rotatable bonds is 7. The normalized spacial score (nSPS) is 24.6. The van der Waals surface area contributed by atoms with Crippen molar-refractivity contribution < 1.29 is 14.4 Å². The molecular weight excluding hydrogens is 406 g/mol. The number of nitrogens with one attached hydrogen (secondary N) is 3. The van der Waals surface area contributed by atoms with Crippen LogP contribution in [0.4, 0.5) is 5.69 Å². The minimum absolute atomic E-state index is 0.0317. The third-order valence-corrected chi connectivity index (χ3v) is 6.56. The molecule has 3 rings (SSSR count). The molecule has 2 aliphatic rings. The fourth-order valence-corrected chi connectivity index (χ4v) is 4.95. The largest absolute Gasteiger partial charge is 0.376 e. The number of carbonyl (C=O) groups is 3. The average molecular weight is 442 g/mol. The van der Waals surface area contributed by atoms with Crippen LogP contribution < -0.4 is 16.4 Å². The molecule has 2 fully saturated rings. The fraction of sp³-hybridized carbons (Fsp3) is 0.583. The molecule has 1 saturated carbocycles. The van der Waals surface area contributed by atoms with Crippen molar-refractivity contribution in [1.82, 2.24) is 10.2 Å². The number of benzene rings is 1. The topological polar surface area (TPSA) is 128 Å². The highest BCUT2D eigenvalue weighted by atomic mass is 16.2. The van der Waals surface area contributed by atoms with E-state index in [2.05, 4.69) is 24.5 Å². The molecule has 174 valence electrons. The summed E-state index contributed by atoms with van der Waals surface area (Å²) in [5.41, 5.74) is 5.98. The van der Waals surface area contributed by atoms with Gasteiger partial charge in [0.15, 0.2) is 0 Å². The molecule has 1 aromatic rings. The molecule has 1 aromatic carbocycles.